The summed E-state index contributed by atoms with van der Waals surface area (Å²) < 4.78 is 0. The molecule has 2 aromatic heterocycles. The highest BCUT2D eigenvalue weighted by Gasteiger charge is 2.03. The molecule has 0 unspecified atom stereocenters. The largest absolute Gasteiger partial charge is 0.345 e. The van der Waals surface area contributed by atoms with Gasteiger partial charge >= 0.3 is 0 Å². The van der Waals surface area contributed by atoms with Crippen molar-refractivity contribution >= 4 is 0 Å². The van der Waals surface area contributed by atoms with Crippen molar-refractivity contribution in [3.05, 3.63) is 61.1 Å². The summed E-state index contributed by atoms with van der Waals surface area (Å²) >= 11 is 0. The molecule has 3 rings (SSSR count). The molecule has 82 valence electrons. The third-order valence-corrected chi connectivity index (χ3v) is 2.60. The van der Waals surface area contributed by atoms with Crippen LogP contribution in [0.4, 0.5) is 0 Å². The number of H-pyrrole nitrogens is 1. The summed E-state index contributed by atoms with van der Waals surface area (Å²) in [6.07, 6.45) is 5.37. The third kappa shape index (κ3) is 1.95. The lowest BCUT2D eigenvalue weighted by atomic mass is 10.1. The first-order valence-corrected chi connectivity index (χ1v) is 5.45. The Labute approximate surface area is 99.2 Å². The minimum Gasteiger partial charge on any atom is -0.345 e. The van der Waals surface area contributed by atoms with E-state index >= 15 is 0 Å². The zero-order chi connectivity index (χ0) is 11.5. The van der Waals surface area contributed by atoms with E-state index in [0.717, 1.165) is 22.6 Å². The average Bonchev–Trinajstić information content (AvgIpc) is 2.94. The number of imidazole rings is 1. The van der Waals surface area contributed by atoms with Crippen LogP contribution in [0.5, 0.6) is 0 Å². The van der Waals surface area contributed by atoms with Gasteiger partial charge in [0, 0.05) is 29.7 Å². The number of nitrogens with zero attached hydrogens (tertiary/aromatic N) is 2. The lowest BCUT2D eigenvalue weighted by Gasteiger charge is -2.02. The second-order valence-electron chi connectivity index (χ2n) is 3.73. The number of rotatable bonds is 2. The van der Waals surface area contributed by atoms with Gasteiger partial charge in [-0.1, -0.05) is 30.3 Å². The minimum absolute atomic E-state index is 0.865. The number of hydrogen-bond acceptors (Lipinski definition) is 2. The van der Waals surface area contributed by atoms with E-state index in [4.69, 9.17) is 0 Å². The maximum absolute atomic E-state index is 4.38. The van der Waals surface area contributed by atoms with Gasteiger partial charge in [-0.05, 0) is 12.1 Å². The quantitative estimate of drug-likeness (QED) is 0.722. The van der Waals surface area contributed by atoms with E-state index in [1.54, 1.807) is 12.4 Å². The number of nitrogens with one attached hydrogen (secondary N) is 1. The fourth-order valence-corrected chi connectivity index (χ4v) is 1.77. The second kappa shape index (κ2) is 4.22. The molecule has 0 spiro atoms. The molecule has 3 aromatic rings. The summed E-state index contributed by atoms with van der Waals surface area (Å²) in [5.74, 6) is 0.865. The highest BCUT2D eigenvalue weighted by atomic mass is 14.9. The van der Waals surface area contributed by atoms with E-state index in [1.807, 2.05) is 48.7 Å². The maximum atomic E-state index is 4.38. The molecular formula is C14H11N3. The Balaban J connectivity index is 2.06. The highest BCUT2D eigenvalue weighted by molar-refractivity contribution is 5.66. The Bertz CT molecular complexity index is 600. The van der Waals surface area contributed by atoms with Gasteiger partial charge in [0.25, 0.3) is 0 Å². The first kappa shape index (κ1) is 9.78. The molecule has 2 heterocycles. The van der Waals surface area contributed by atoms with E-state index in [-0.39, 0.29) is 0 Å². The van der Waals surface area contributed by atoms with E-state index in [0.29, 0.717) is 0 Å². The Morgan fingerprint density at radius 3 is 2.47 bits per heavy atom. The molecule has 0 radical (unpaired) electrons. The van der Waals surface area contributed by atoms with Crippen LogP contribution < -0.4 is 0 Å². The van der Waals surface area contributed by atoms with E-state index in [1.165, 1.54) is 0 Å². The van der Waals surface area contributed by atoms with E-state index in [9.17, 15) is 0 Å². The highest BCUT2D eigenvalue weighted by Crippen LogP contribution is 2.21. The lowest BCUT2D eigenvalue weighted by Crippen LogP contribution is -1.86. The average molecular weight is 221 g/mol. The van der Waals surface area contributed by atoms with Crippen LogP contribution in [0, 0.1) is 0 Å². The Hall–Kier alpha value is -2.42. The summed E-state index contributed by atoms with van der Waals surface area (Å²) in [4.78, 5) is 11.7. The zero-order valence-corrected chi connectivity index (χ0v) is 9.17. The van der Waals surface area contributed by atoms with Crippen LogP contribution in [0.1, 0.15) is 0 Å². The first-order chi connectivity index (χ1) is 8.43. The maximum Gasteiger partial charge on any atom is 0.137 e. The van der Waals surface area contributed by atoms with Crippen molar-refractivity contribution in [1.29, 1.82) is 0 Å². The monoisotopic (exact) mass is 221 g/mol. The van der Waals surface area contributed by atoms with Crippen LogP contribution in [-0.2, 0) is 0 Å². The van der Waals surface area contributed by atoms with Crippen molar-refractivity contribution in [2.24, 2.45) is 0 Å². The number of aromatic amines is 1. The fourth-order valence-electron chi connectivity index (χ4n) is 1.77. The Morgan fingerprint density at radius 1 is 0.824 bits per heavy atom. The van der Waals surface area contributed by atoms with Crippen molar-refractivity contribution < 1.29 is 0 Å². The molecule has 3 nitrogen and oxygen atoms in total. The van der Waals surface area contributed by atoms with Gasteiger partial charge in [0.2, 0.25) is 0 Å². The summed E-state index contributed by atoms with van der Waals surface area (Å²) in [7, 11) is 0. The predicted octanol–water partition coefficient (Wildman–Crippen LogP) is 3.14. The van der Waals surface area contributed by atoms with Crippen molar-refractivity contribution in [2.45, 2.75) is 0 Å². The summed E-state index contributed by atoms with van der Waals surface area (Å²) in [6.45, 7) is 0. The molecule has 0 aliphatic heterocycles. The zero-order valence-electron chi connectivity index (χ0n) is 9.17. The van der Waals surface area contributed by atoms with Crippen molar-refractivity contribution in [2.75, 3.05) is 0 Å². The molecule has 17 heavy (non-hydrogen) atoms. The fraction of sp³-hybridized carbons (Fsp3) is 0. The molecule has 0 aliphatic carbocycles. The minimum atomic E-state index is 0.865. The normalized spacial score (nSPS) is 10.4. The lowest BCUT2D eigenvalue weighted by molar-refractivity contribution is 1.27. The summed E-state index contributed by atoms with van der Waals surface area (Å²) in [6, 6.07) is 14.1. The van der Waals surface area contributed by atoms with Gasteiger partial charge in [0.1, 0.15) is 5.82 Å². The molecule has 0 aliphatic rings. The molecule has 0 amide bonds. The molecule has 0 bridgehead atoms. The van der Waals surface area contributed by atoms with Gasteiger partial charge < -0.3 is 4.98 Å². The van der Waals surface area contributed by atoms with E-state index in [2.05, 4.69) is 15.0 Å². The van der Waals surface area contributed by atoms with Gasteiger partial charge in [-0.25, -0.2) is 4.98 Å². The molecule has 0 atom stereocenters. The summed E-state index contributed by atoms with van der Waals surface area (Å²) in [5, 5.41) is 0. The molecule has 1 N–H and O–H groups in total. The van der Waals surface area contributed by atoms with Crippen LogP contribution >= 0.6 is 0 Å². The SMILES string of the molecule is c1ccc(-c2cc(-c3ncc[nH]3)ccn2)cc1. The predicted molar refractivity (Wildman–Crippen MR) is 67.3 cm³/mol. The summed E-state index contributed by atoms with van der Waals surface area (Å²) in [5.41, 5.74) is 3.12. The van der Waals surface area contributed by atoms with Gasteiger partial charge in [0.05, 0.1) is 5.69 Å². The number of hydrogen-bond donors (Lipinski definition) is 1. The molecule has 0 saturated heterocycles. The van der Waals surface area contributed by atoms with E-state index < -0.39 is 0 Å². The molecule has 0 saturated carbocycles. The smallest absolute Gasteiger partial charge is 0.137 e. The van der Waals surface area contributed by atoms with Crippen molar-refractivity contribution in [3.63, 3.8) is 0 Å². The molecule has 0 fully saturated rings. The van der Waals surface area contributed by atoms with Gasteiger partial charge in [-0.2, -0.15) is 0 Å². The Kier molecular flexibility index (Phi) is 2.43. The topological polar surface area (TPSA) is 41.6 Å². The van der Waals surface area contributed by atoms with Crippen LogP contribution in [0.3, 0.4) is 0 Å². The van der Waals surface area contributed by atoms with Crippen LogP contribution in [0.2, 0.25) is 0 Å². The van der Waals surface area contributed by atoms with Gasteiger partial charge in [-0.3, -0.25) is 4.98 Å². The first-order valence-electron chi connectivity index (χ1n) is 5.45. The molecule has 3 heteroatoms. The Morgan fingerprint density at radius 2 is 1.71 bits per heavy atom. The standard InChI is InChI=1S/C14H11N3/c1-2-4-11(5-3-1)13-10-12(6-7-15-13)14-16-8-9-17-14/h1-10H,(H,16,17). The van der Waals surface area contributed by atoms with Crippen LogP contribution in [0.15, 0.2) is 61.1 Å². The van der Waals surface area contributed by atoms with Crippen LogP contribution in [0.25, 0.3) is 22.6 Å². The third-order valence-electron chi connectivity index (χ3n) is 2.60. The number of benzene rings is 1. The molecular weight excluding hydrogens is 210 g/mol. The van der Waals surface area contributed by atoms with Crippen molar-refractivity contribution in [3.8, 4) is 22.6 Å². The molecule has 1 aromatic carbocycles. The number of aromatic nitrogens is 3. The van der Waals surface area contributed by atoms with Gasteiger partial charge in [0.15, 0.2) is 0 Å². The van der Waals surface area contributed by atoms with Gasteiger partial charge in [-0.15, -0.1) is 0 Å². The van der Waals surface area contributed by atoms with Crippen LogP contribution in [-0.4, -0.2) is 15.0 Å². The van der Waals surface area contributed by atoms with Crippen molar-refractivity contribution in [1.82, 2.24) is 15.0 Å². The second-order valence-corrected chi connectivity index (χ2v) is 3.73. The number of pyridine rings is 1.